The third-order valence-electron chi connectivity index (χ3n) is 5.50. The third kappa shape index (κ3) is 5.48. The Morgan fingerprint density at radius 2 is 2.00 bits per heavy atom. The number of rotatable bonds is 8. The number of hydrogen-bond acceptors (Lipinski definition) is 7. The molecule has 14 heteroatoms. The number of sulfonamides is 1. The molecule has 0 bridgehead atoms. The van der Waals surface area contributed by atoms with Crippen LogP contribution in [0, 0.1) is 12.7 Å². The highest BCUT2D eigenvalue weighted by atomic mass is 35.5. The van der Waals surface area contributed by atoms with Crippen LogP contribution >= 0.6 is 11.6 Å². The van der Waals surface area contributed by atoms with Gasteiger partial charge in [-0.1, -0.05) is 17.7 Å². The molecule has 0 fully saturated rings. The number of imidazole rings is 1. The largest absolute Gasteiger partial charge is 0.362 e. The lowest BCUT2D eigenvalue weighted by Gasteiger charge is -2.25. The fourth-order valence-corrected chi connectivity index (χ4v) is 5.27. The highest BCUT2D eigenvalue weighted by molar-refractivity contribution is 7.92. The molecule has 2 aromatic carbocycles. The van der Waals surface area contributed by atoms with Crippen LogP contribution in [-0.4, -0.2) is 43.4 Å². The number of nitrogens with one attached hydrogen (secondary N) is 3. The molecule has 0 aliphatic heterocycles. The number of H-pyrrole nitrogens is 1. The van der Waals surface area contributed by atoms with E-state index in [1.54, 1.807) is 19.9 Å². The first-order valence-corrected chi connectivity index (χ1v) is 14.1. The average Bonchev–Trinajstić information content (AvgIpc) is 3.27. The van der Waals surface area contributed by atoms with Gasteiger partial charge >= 0.3 is 0 Å². The summed E-state index contributed by atoms with van der Waals surface area (Å²) in [6, 6.07) is 4.87. The second-order valence-corrected chi connectivity index (χ2v) is 11.2. The van der Waals surface area contributed by atoms with Crippen LogP contribution in [-0.2, 0) is 26.9 Å². The molecule has 4 rings (SSSR count). The maximum atomic E-state index is 14.5. The molecule has 4 aromatic rings. The van der Waals surface area contributed by atoms with Crippen LogP contribution in [0.3, 0.4) is 0 Å². The summed E-state index contributed by atoms with van der Waals surface area (Å²) in [5.41, 5.74) is 2.96. The van der Waals surface area contributed by atoms with Crippen molar-refractivity contribution in [3.8, 4) is 11.1 Å². The molecule has 0 saturated carbocycles. The maximum Gasteiger partial charge on any atom is 0.229 e. The second kappa shape index (κ2) is 10.1. The van der Waals surface area contributed by atoms with Gasteiger partial charge in [-0.15, -0.1) is 0 Å². The minimum Gasteiger partial charge on any atom is -0.362 e. The molecule has 0 amide bonds. The van der Waals surface area contributed by atoms with E-state index < -0.39 is 33.0 Å². The van der Waals surface area contributed by atoms with Gasteiger partial charge in [0.1, 0.15) is 17.7 Å². The van der Waals surface area contributed by atoms with Gasteiger partial charge in [0.15, 0.2) is 22.5 Å². The van der Waals surface area contributed by atoms with Gasteiger partial charge < -0.3 is 14.9 Å². The van der Waals surface area contributed by atoms with E-state index in [1.807, 2.05) is 0 Å². The van der Waals surface area contributed by atoms with Crippen molar-refractivity contribution in [2.75, 3.05) is 16.3 Å². The molecule has 4 N–H and O–H groups in total. The first kappa shape index (κ1) is 25.9. The van der Waals surface area contributed by atoms with E-state index in [0.29, 0.717) is 39.2 Å². The molecule has 0 radical (unpaired) electrons. The lowest BCUT2D eigenvalue weighted by atomic mass is 9.89. The number of fused-ring (bicyclic) bond motifs is 1. The summed E-state index contributed by atoms with van der Waals surface area (Å²) in [5.74, 6) is -0.463. The fourth-order valence-electron chi connectivity index (χ4n) is 3.91. The quantitative estimate of drug-likeness (QED) is 0.235. The zero-order valence-corrected chi connectivity index (χ0v) is 21.7. The van der Waals surface area contributed by atoms with Crippen molar-refractivity contribution in [1.29, 1.82) is 0 Å². The Labute approximate surface area is 214 Å². The maximum absolute atomic E-state index is 14.5. The van der Waals surface area contributed by atoms with Crippen LogP contribution in [0.2, 0.25) is 5.02 Å². The average molecular weight is 553 g/mol. The Morgan fingerprint density at radius 1 is 1.25 bits per heavy atom. The third-order valence-corrected chi connectivity index (χ3v) is 7.03. The zero-order valence-electron chi connectivity index (χ0n) is 19.3. The Balaban J connectivity index is 1.98. The molecule has 0 aliphatic rings. The fraction of sp³-hybridized carbons (Fsp3) is 0.227. The van der Waals surface area contributed by atoms with Gasteiger partial charge in [-0.05, 0) is 54.3 Å². The summed E-state index contributed by atoms with van der Waals surface area (Å²) in [7, 11) is -3.78. The van der Waals surface area contributed by atoms with Gasteiger partial charge in [-0.2, -0.15) is 0 Å². The van der Waals surface area contributed by atoms with Crippen molar-refractivity contribution >= 4 is 55.4 Å². The molecule has 0 spiro atoms. The summed E-state index contributed by atoms with van der Waals surface area (Å²) < 4.78 is 62.8. The number of aromatic amines is 1. The standard InChI is InChI=1S/C22H22ClFN6O4S2/c1-11-17(23)7-15(12(2)29-22-20-21(26-9-25-20)27-10-28-22)18(19(11)30-36(3,33)34)16-6-14(24)5-4-13(16)8-35(31)32/h4-7,9-10,12,30H,8H2,1-3H3,(H,31,32)(H2,25,26,27,28,29). The first-order valence-electron chi connectivity index (χ1n) is 10.5. The van der Waals surface area contributed by atoms with E-state index in [-0.39, 0.29) is 22.0 Å². The number of anilines is 2. The second-order valence-electron chi connectivity index (χ2n) is 8.15. The molecule has 2 atom stereocenters. The van der Waals surface area contributed by atoms with Crippen molar-refractivity contribution in [3.05, 3.63) is 64.5 Å². The van der Waals surface area contributed by atoms with Crippen LogP contribution in [0.5, 0.6) is 0 Å². The molecule has 2 aromatic heterocycles. The lowest BCUT2D eigenvalue weighted by Crippen LogP contribution is -2.16. The molecular weight excluding hydrogens is 531 g/mol. The minimum atomic E-state index is -3.78. The van der Waals surface area contributed by atoms with Gasteiger partial charge in [0, 0.05) is 10.6 Å². The predicted octanol–water partition coefficient (Wildman–Crippen LogP) is 4.39. The van der Waals surface area contributed by atoms with Crippen molar-refractivity contribution in [2.24, 2.45) is 0 Å². The number of halogens is 2. The van der Waals surface area contributed by atoms with Crippen molar-refractivity contribution in [2.45, 2.75) is 25.6 Å². The normalized spacial score (nSPS) is 13.5. The molecule has 2 unspecified atom stereocenters. The number of nitrogens with zero attached hydrogens (tertiary/aromatic N) is 3. The van der Waals surface area contributed by atoms with Gasteiger partial charge in [-0.25, -0.2) is 32.0 Å². The monoisotopic (exact) mass is 552 g/mol. The number of hydrogen-bond donors (Lipinski definition) is 4. The highest BCUT2D eigenvalue weighted by Gasteiger charge is 2.25. The van der Waals surface area contributed by atoms with Crippen LogP contribution in [0.25, 0.3) is 22.3 Å². The van der Waals surface area contributed by atoms with Gasteiger partial charge in [-0.3, -0.25) is 4.72 Å². The van der Waals surface area contributed by atoms with Crippen LogP contribution in [0.4, 0.5) is 15.9 Å². The van der Waals surface area contributed by atoms with E-state index in [0.717, 1.165) is 6.26 Å². The van der Waals surface area contributed by atoms with Crippen LogP contribution < -0.4 is 10.0 Å². The molecule has 2 heterocycles. The molecular formula is C22H22ClFN6O4S2. The lowest BCUT2D eigenvalue weighted by molar-refractivity contribution is 0.563. The first-order chi connectivity index (χ1) is 16.9. The highest BCUT2D eigenvalue weighted by Crippen LogP contribution is 2.43. The van der Waals surface area contributed by atoms with E-state index in [1.165, 1.54) is 30.9 Å². The number of benzene rings is 2. The zero-order chi connectivity index (χ0) is 26.2. The van der Waals surface area contributed by atoms with E-state index in [9.17, 15) is 21.6 Å². The SMILES string of the molecule is Cc1c(Cl)cc(C(C)Nc2ncnc3nc[nH]c23)c(-c2cc(F)ccc2CS(=O)O)c1NS(C)(=O)=O. The molecule has 10 nitrogen and oxygen atoms in total. The van der Waals surface area contributed by atoms with Crippen LogP contribution in [0.1, 0.15) is 29.7 Å². The summed E-state index contributed by atoms with van der Waals surface area (Å²) in [5, 5.41) is 3.52. The van der Waals surface area contributed by atoms with Crippen molar-refractivity contribution in [3.63, 3.8) is 0 Å². The summed E-state index contributed by atoms with van der Waals surface area (Å²) in [4.78, 5) is 15.4. The summed E-state index contributed by atoms with van der Waals surface area (Å²) in [6.45, 7) is 3.42. The Hall–Kier alpha value is -3.13. The van der Waals surface area contributed by atoms with Crippen LogP contribution in [0.15, 0.2) is 36.9 Å². The summed E-state index contributed by atoms with van der Waals surface area (Å²) in [6.07, 6.45) is 3.81. The van der Waals surface area contributed by atoms with E-state index in [2.05, 4.69) is 30.0 Å². The van der Waals surface area contributed by atoms with Gasteiger partial charge in [0.2, 0.25) is 10.0 Å². The van der Waals surface area contributed by atoms with Crippen molar-refractivity contribution < 1.29 is 21.6 Å². The molecule has 190 valence electrons. The smallest absolute Gasteiger partial charge is 0.229 e. The van der Waals surface area contributed by atoms with Crippen molar-refractivity contribution in [1.82, 2.24) is 19.9 Å². The summed E-state index contributed by atoms with van der Waals surface area (Å²) >= 11 is 4.29. The van der Waals surface area contributed by atoms with E-state index in [4.69, 9.17) is 11.6 Å². The minimum absolute atomic E-state index is 0.138. The van der Waals surface area contributed by atoms with Gasteiger partial charge in [0.05, 0.1) is 30.1 Å². The molecule has 36 heavy (non-hydrogen) atoms. The Kier molecular flexibility index (Phi) is 7.27. The van der Waals surface area contributed by atoms with Gasteiger partial charge in [0.25, 0.3) is 0 Å². The van der Waals surface area contributed by atoms with E-state index >= 15 is 0 Å². The Morgan fingerprint density at radius 3 is 2.69 bits per heavy atom. The predicted molar refractivity (Wildman–Crippen MR) is 138 cm³/mol. The molecule has 0 saturated heterocycles. The Bertz CT molecular complexity index is 1600. The topological polar surface area (TPSA) is 150 Å². The number of aromatic nitrogens is 4. The molecule has 0 aliphatic carbocycles.